The minimum Gasteiger partial charge on any atom is -0.390 e. The van der Waals surface area contributed by atoms with Gasteiger partial charge in [0.25, 0.3) is 5.91 Å². The molecule has 2 unspecified atom stereocenters. The van der Waals surface area contributed by atoms with Crippen LogP contribution in [-0.2, 0) is 12.8 Å². The summed E-state index contributed by atoms with van der Waals surface area (Å²) in [5.74, 6) is 0.152. The lowest BCUT2D eigenvalue weighted by Gasteiger charge is -2.41. The number of aryl methyl sites for hydroxylation is 2. The molecule has 1 aromatic rings. The quantitative estimate of drug-likeness (QED) is 0.862. The fraction of sp³-hybridized carbons (Fsp3) is 0.647. The largest absolute Gasteiger partial charge is 0.390 e. The molecule has 2 atom stereocenters. The zero-order valence-electron chi connectivity index (χ0n) is 12.9. The lowest BCUT2D eigenvalue weighted by molar-refractivity contribution is -0.0439. The zero-order valence-corrected chi connectivity index (χ0v) is 12.9. The zero-order chi connectivity index (χ0) is 15.0. The van der Waals surface area contributed by atoms with E-state index in [4.69, 9.17) is 0 Å². The second-order valence-electron chi connectivity index (χ2n) is 6.80. The van der Waals surface area contributed by atoms with Gasteiger partial charge in [-0.2, -0.15) is 0 Å². The maximum Gasteiger partial charge on any atom is 0.255 e. The van der Waals surface area contributed by atoms with Gasteiger partial charge in [0.2, 0.25) is 0 Å². The Kier molecular flexibility index (Phi) is 3.74. The molecule has 2 aliphatic rings. The number of pyridine rings is 1. The van der Waals surface area contributed by atoms with Crippen molar-refractivity contribution in [1.82, 2.24) is 9.88 Å². The van der Waals surface area contributed by atoms with Crippen LogP contribution in [0.2, 0.25) is 0 Å². The number of nitrogens with zero attached hydrogens (tertiary/aromatic N) is 2. The molecule has 2 heterocycles. The van der Waals surface area contributed by atoms with Crippen molar-refractivity contribution in [2.45, 2.75) is 51.6 Å². The normalized spacial score (nSPS) is 29.1. The molecule has 1 aromatic heterocycles. The molecule has 0 saturated carbocycles. The van der Waals surface area contributed by atoms with Crippen LogP contribution in [0.15, 0.2) is 12.3 Å². The topological polar surface area (TPSA) is 53.4 Å². The predicted molar refractivity (Wildman–Crippen MR) is 81.2 cm³/mol. The molecule has 4 heteroatoms. The molecule has 4 nitrogen and oxygen atoms in total. The summed E-state index contributed by atoms with van der Waals surface area (Å²) in [6.07, 6.45) is 6.83. The van der Waals surface area contributed by atoms with Crippen LogP contribution in [0.3, 0.4) is 0 Å². The maximum atomic E-state index is 12.6. The van der Waals surface area contributed by atoms with Gasteiger partial charge < -0.3 is 10.0 Å². The fourth-order valence-corrected chi connectivity index (χ4v) is 3.30. The van der Waals surface area contributed by atoms with E-state index in [1.165, 1.54) is 18.4 Å². The molecular weight excluding hydrogens is 264 g/mol. The van der Waals surface area contributed by atoms with Crippen molar-refractivity contribution >= 4 is 5.91 Å². The number of carbonyl (C=O) groups excluding carboxylic acids is 1. The lowest BCUT2D eigenvalue weighted by Crippen LogP contribution is -2.50. The average Bonchev–Trinajstić information content (AvgIpc) is 2.49. The van der Waals surface area contributed by atoms with Crippen LogP contribution < -0.4 is 0 Å². The summed E-state index contributed by atoms with van der Waals surface area (Å²) >= 11 is 0. The number of fused-ring (bicyclic) bond motifs is 1. The van der Waals surface area contributed by atoms with E-state index < -0.39 is 5.60 Å². The Bertz CT molecular complexity index is 554. The molecule has 1 aliphatic heterocycles. The van der Waals surface area contributed by atoms with E-state index in [2.05, 4.69) is 4.98 Å². The molecule has 21 heavy (non-hydrogen) atoms. The number of aromatic nitrogens is 1. The molecule has 1 saturated heterocycles. The van der Waals surface area contributed by atoms with Gasteiger partial charge in [-0.05, 0) is 50.7 Å². The van der Waals surface area contributed by atoms with E-state index >= 15 is 0 Å². The van der Waals surface area contributed by atoms with Gasteiger partial charge in [0.05, 0.1) is 11.2 Å². The van der Waals surface area contributed by atoms with Crippen molar-refractivity contribution in [2.24, 2.45) is 5.92 Å². The summed E-state index contributed by atoms with van der Waals surface area (Å²) in [4.78, 5) is 19.0. The number of piperidine rings is 1. The second kappa shape index (κ2) is 5.41. The molecule has 1 fully saturated rings. The molecule has 1 N–H and O–H groups in total. The summed E-state index contributed by atoms with van der Waals surface area (Å²) in [5.41, 5.74) is 2.44. The molecule has 0 aromatic carbocycles. The second-order valence-corrected chi connectivity index (χ2v) is 6.80. The Labute approximate surface area is 126 Å². The van der Waals surface area contributed by atoms with E-state index in [9.17, 15) is 9.90 Å². The lowest BCUT2D eigenvalue weighted by atomic mass is 9.83. The number of aliphatic hydroxyl groups is 1. The van der Waals surface area contributed by atoms with Crippen molar-refractivity contribution in [1.29, 1.82) is 0 Å². The van der Waals surface area contributed by atoms with Gasteiger partial charge in [0, 0.05) is 30.9 Å². The fourth-order valence-electron chi connectivity index (χ4n) is 3.30. The number of hydrogen-bond donors (Lipinski definition) is 1. The Balaban J connectivity index is 1.77. The first-order valence-corrected chi connectivity index (χ1v) is 7.97. The Hall–Kier alpha value is -1.42. The average molecular weight is 288 g/mol. The molecule has 0 spiro atoms. The maximum absolute atomic E-state index is 12.6. The first-order valence-electron chi connectivity index (χ1n) is 7.97. The molecule has 0 radical (unpaired) electrons. The van der Waals surface area contributed by atoms with E-state index in [1.807, 2.05) is 24.8 Å². The number of carbonyl (C=O) groups is 1. The Morgan fingerprint density at radius 2 is 2.19 bits per heavy atom. The number of hydrogen-bond acceptors (Lipinski definition) is 3. The van der Waals surface area contributed by atoms with E-state index in [1.54, 1.807) is 6.20 Å². The molecular formula is C17H24N2O2. The minimum absolute atomic E-state index is 0.0539. The summed E-state index contributed by atoms with van der Waals surface area (Å²) in [6.45, 7) is 5.10. The highest BCUT2D eigenvalue weighted by Crippen LogP contribution is 2.28. The highest BCUT2D eigenvalue weighted by atomic mass is 16.3. The van der Waals surface area contributed by atoms with Crippen LogP contribution >= 0.6 is 0 Å². The highest BCUT2D eigenvalue weighted by Gasteiger charge is 2.36. The smallest absolute Gasteiger partial charge is 0.255 e. The number of rotatable bonds is 1. The third kappa shape index (κ3) is 2.82. The van der Waals surface area contributed by atoms with Crippen LogP contribution in [0.25, 0.3) is 0 Å². The monoisotopic (exact) mass is 288 g/mol. The van der Waals surface area contributed by atoms with Crippen LogP contribution in [0.5, 0.6) is 0 Å². The first-order chi connectivity index (χ1) is 9.97. The van der Waals surface area contributed by atoms with Gasteiger partial charge in [-0.3, -0.25) is 9.78 Å². The van der Waals surface area contributed by atoms with Crippen molar-refractivity contribution < 1.29 is 9.90 Å². The Morgan fingerprint density at radius 3 is 2.95 bits per heavy atom. The third-order valence-electron chi connectivity index (χ3n) is 5.15. The van der Waals surface area contributed by atoms with E-state index in [0.717, 1.165) is 18.5 Å². The highest BCUT2D eigenvalue weighted by molar-refractivity contribution is 5.94. The SMILES string of the molecule is CC1CN(C(=O)c2cnc3c(c2)CCCC3)CCC1(C)O. The molecule has 1 aliphatic carbocycles. The predicted octanol–water partition coefficient (Wildman–Crippen LogP) is 2.19. The molecule has 3 rings (SSSR count). The third-order valence-corrected chi connectivity index (χ3v) is 5.15. The molecule has 114 valence electrons. The van der Waals surface area contributed by atoms with Crippen molar-refractivity contribution in [3.63, 3.8) is 0 Å². The van der Waals surface area contributed by atoms with Crippen LogP contribution in [-0.4, -0.2) is 39.6 Å². The van der Waals surface area contributed by atoms with Gasteiger partial charge in [-0.15, -0.1) is 0 Å². The summed E-state index contributed by atoms with van der Waals surface area (Å²) in [5, 5.41) is 10.2. The first kappa shape index (κ1) is 14.5. The van der Waals surface area contributed by atoms with Crippen LogP contribution in [0, 0.1) is 5.92 Å². The summed E-state index contributed by atoms with van der Waals surface area (Å²) < 4.78 is 0. The van der Waals surface area contributed by atoms with E-state index in [-0.39, 0.29) is 11.8 Å². The van der Waals surface area contributed by atoms with Gasteiger partial charge in [0.15, 0.2) is 0 Å². The van der Waals surface area contributed by atoms with Gasteiger partial charge in [-0.25, -0.2) is 0 Å². The van der Waals surface area contributed by atoms with E-state index in [0.29, 0.717) is 25.1 Å². The van der Waals surface area contributed by atoms with Gasteiger partial charge in [-0.1, -0.05) is 6.92 Å². The van der Waals surface area contributed by atoms with Gasteiger partial charge >= 0.3 is 0 Å². The number of likely N-dealkylation sites (tertiary alicyclic amines) is 1. The van der Waals surface area contributed by atoms with Crippen molar-refractivity contribution in [2.75, 3.05) is 13.1 Å². The van der Waals surface area contributed by atoms with Crippen molar-refractivity contribution in [3.05, 3.63) is 29.1 Å². The minimum atomic E-state index is -0.662. The Morgan fingerprint density at radius 1 is 1.43 bits per heavy atom. The standard InChI is InChI=1S/C17H24N2O2/c1-12-11-19(8-7-17(12,2)21)16(20)14-9-13-5-3-4-6-15(13)18-10-14/h9-10,12,21H,3-8,11H2,1-2H3. The summed E-state index contributed by atoms with van der Waals surface area (Å²) in [7, 11) is 0. The molecule has 1 amide bonds. The van der Waals surface area contributed by atoms with Gasteiger partial charge in [0.1, 0.15) is 0 Å². The molecule has 0 bridgehead atoms. The number of amides is 1. The van der Waals surface area contributed by atoms with Crippen LogP contribution in [0.4, 0.5) is 0 Å². The van der Waals surface area contributed by atoms with Crippen LogP contribution in [0.1, 0.15) is 54.7 Å². The van der Waals surface area contributed by atoms with Crippen molar-refractivity contribution in [3.8, 4) is 0 Å². The summed E-state index contributed by atoms with van der Waals surface area (Å²) in [6, 6.07) is 2.03.